The van der Waals surface area contributed by atoms with Crippen LogP contribution in [-0.4, -0.2) is 30.6 Å². The van der Waals surface area contributed by atoms with Crippen LogP contribution in [0.4, 0.5) is 5.69 Å². The van der Waals surface area contributed by atoms with Gasteiger partial charge in [0.15, 0.2) is 0 Å². The standard InChI is InChI=1S/C22H34N2O4S/c1-4-5-6-7-8-9-10-11-12-17-21(25)24-20-16-14-13-15-19(20)22(26)23(18(2)3)29(24,27)28/h13-16,18H,4-12,17H2,1-3H3. The Bertz CT molecular complexity index is 805. The molecule has 0 spiro atoms. The monoisotopic (exact) mass is 422 g/mol. The van der Waals surface area contributed by atoms with Gasteiger partial charge in [0.05, 0.1) is 11.3 Å². The second-order valence-electron chi connectivity index (χ2n) is 7.96. The molecule has 6 nitrogen and oxygen atoms in total. The third-order valence-electron chi connectivity index (χ3n) is 5.22. The highest BCUT2D eigenvalue weighted by atomic mass is 32.2. The second kappa shape index (κ2) is 10.8. The molecule has 0 aliphatic carbocycles. The first-order valence-corrected chi connectivity index (χ1v) is 12.2. The van der Waals surface area contributed by atoms with Crippen molar-refractivity contribution in [3.05, 3.63) is 29.8 Å². The molecular weight excluding hydrogens is 388 g/mol. The molecule has 0 saturated heterocycles. The van der Waals surface area contributed by atoms with Crippen LogP contribution < -0.4 is 4.31 Å². The Hall–Kier alpha value is -1.89. The fraction of sp³-hybridized carbons (Fsp3) is 0.636. The Balaban J connectivity index is 1.99. The van der Waals surface area contributed by atoms with Crippen LogP contribution in [0.25, 0.3) is 0 Å². The maximum Gasteiger partial charge on any atom is 0.335 e. The summed E-state index contributed by atoms with van der Waals surface area (Å²) in [6.07, 6.45) is 10.2. The molecule has 1 aliphatic heterocycles. The maximum atomic E-state index is 13.0. The first kappa shape index (κ1) is 23.4. The van der Waals surface area contributed by atoms with Crippen LogP contribution >= 0.6 is 0 Å². The third kappa shape index (κ3) is 5.59. The maximum absolute atomic E-state index is 13.0. The number of fused-ring (bicyclic) bond motifs is 1. The molecule has 0 fully saturated rings. The molecule has 1 aromatic rings. The minimum Gasteiger partial charge on any atom is -0.273 e. The lowest BCUT2D eigenvalue weighted by atomic mass is 10.1. The molecule has 0 atom stereocenters. The van der Waals surface area contributed by atoms with Crippen molar-refractivity contribution in [3.63, 3.8) is 0 Å². The summed E-state index contributed by atoms with van der Waals surface area (Å²) < 4.78 is 27.7. The van der Waals surface area contributed by atoms with Crippen molar-refractivity contribution in [1.29, 1.82) is 0 Å². The van der Waals surface area contributed by atoms with Crippen LogP contribution in [-0.2, 0) is 15.0 Å². The van der Waals surface area contributed by atoms with Crippen LogP contribution in [0.5, 0.6) is 0 Å². The Kier molecular flexibility index (Phi) is 8.68. The van der Waals surface area contributed by atoms with Crippen LogP contribution in [0.15, 0.2) is 24.3 Å². The summed E-state index contributed by atoms with van der Waals surface area (Å²) in [6.45, 7) is 5.47. The molecular formula is C22H34N2O4S. The average Bonchev–Trinajstić information content (AvgIpc) is 2.66. The molecule has 0 saturated carbocycles. The summed E-state index contributed by atoms with van der Waals surface area (Å²) in [4.78, 5) is 25.5. The van der Waals surface area contributed by atoms with E-state index in [1.807, 2.05) is 0 Å². The minimum absolute atomic E-state index is 0.156. The fourth-order valence-electron chi connectivity index (χ4n) is 3.72. The number of para-hydroxylation sites is 1. The Labute approximate surface area is 175 Å². The van der Waals surface area contributed by atoms with Crippen molar-refractivity contribution in [2.24, 2.45) is 0 Å². The number of anilines is 1. The van der Waals surface area contributed by atoms with Crippen LogP contribution in [0.3, 0.4) is 0 Å². The fourth-order valence-corrected chi connectivity index (χ4v) is 5.49. The van der Waals surface area contributed by atoms with Crippen molar-refractivity contribution in [2.75, 3.05) is 4.31 Å². The number of hydrogen-bond donors (Lipinski definition) is 0. The van der Waals surface area contributed by atoms with Crippen molar-refractivity contribution in [1.82, 2.24) is 4.31 Å². The van der Waals surface area contributed by atoms with Gasteiger partial charge in [-0.3, -0.25) is 9.59 Å². The number of carbonyl (C=O) groups excluding carboxylic acids is 2. The SMILES string of the molecule is CCCCCCCCCCCC(=O)N1c2ccccc2C(=O)N(C(C)C)S1(=O)=O. The molecule has 0 radical (unpaired) electrons. The molecule has 7 heteroatoms. The first-order chi connectivity index (χ1) is 13.8. The minimum atomic E-state index is -4.22. The van der Waals surface area contributed by atoms with Crippen molar-refractivity contribution in [2.45, 2.75) is 91.0 Å². The Morgan fingerprint density at radius 1 is 0.931 bits per heavy atom. The van der Waals surface area contributed by atoms with Gasteiger partial charge in [0, 0.05) is 12.5 Å². The molecule has 1 aliphatic rings. The summed E-state index contributed by atoms with van der Waals surface area (Å²) >= 11 is 0. The lowest BCUT2D eigenvalue weighted by Gasteiger charge is -2.37. The molecule has 0 aromatic heterocycles. The van der Waals surface area contributed by atoms with Crippen LogP contribution in [0, 0.1) is 0 Å². The van der Waals surface area contributed by atoms with Gasteiger partial charge in [-0.25, -0.2) is 4.31 Å². The first-order valence-electron chi connectivity index (χ1n) is 10.8. The van der Waals surface area contributed by atoms with Gasteiger partial charge in [0.2, 0.25) is 5.91 Å². The number of amides is 2. The quantitative estimate of drug-likeness (QED) is 0.468. The van der Waals surface area contributed by atoms with Gasteiger partial charge in [-0.1, -0.05) is 70.4 Å². The van der Waals surface area contributed by atoms with E-state index >= 15 is 0 Å². The lowest BCUT2D eigenvalue weighted by Crippen LogP contribution is -2.55. The van der Waals surface area contributed by atoms with E-state index in [4.69, 9.17) is 0 Å². The number of benzene rings is 1. The number of unbranched alkanes of at least 4 members (excludes halogenated alkanes) is 8. The van der Waals surface area contributed by atoms with Gasteiger partial charge < -0.3 is 0 Å². The smallest absolute Gasteiger partial charge is 0.273 e. The molecule has 162 valence electrons. The normalized spacial score (nSPS) is 15.7. The third-order valence-corrected chi connectivity index (χ3v) is 7.17. The van der Waals surface area contributed by atoms with Crippen molar-refractivity contribution >= 4 is 27.7 Å². The largest absolute Gasteiger partial charge is 0.335 e. The van der Waals surface area contributed by atoms with Crippen molar-refractivity contribution in [3.8, 4) is 0 Å². The van der Waals surface area contributed by atoms with E-state index in [2.05, 4.69) is 6.92 Å². The Morgan fingerprint density at radius 2 is 1.48 bits per heavy atom. The van der Waals surface area contributed by atoms with E-state index in [1.165, 1.54) is 38.2 Å². The topological polar surface area (TPSA) is 74.8 Å². The predicted octanol–water partition coefficient (Wildman–Crippen LogP) is 5.05. The molecule has 2 rings (SSSR count). The van der Waals surface area contributed by atoms with Crippen LogP contribution in [0.2, 0.25) is 0 Å². The van der Waals surface area contributed by atoms with Gasteiger partial charge in [-0.2, -0.15) is 12.7 Å². The average molecular weight is 423 g/mol. The summed E-state index contributed by atoms with van der Waals surface area (Å²) in [5.41, 5.74) is 0.409. The zero-order valence-corrected chi connectivity index (χ0v) is 18.7. The molecule has 2 amide bonds. The molecule has 29 heavy (non-hydrogen) atoms. The lowest BCUT2D eigenvalue weighted by molar-refractivity contribution is -0.117. The zero-order valence-electron chi connectivity index (χ0n) is 17.9. The summed E-state index contributed by atoms with van der Waals surface area (Å²) in [6, 6.07) is 5.85. The van der Waals surface area contributed by atoms with E-state index < -0.39 is 28.1 Å². The van der Waals surface area contributed by atoms with E-state index in [9.17, 15) is 18.0 Å². The highest BCUT2D eigenvalue weighted by Crippen LogP contribution is 2.34. The van der Waals surface area contributed by atoms with Gasteiger partial charge >= 0.3 is 10.2 Å². The molecule has 0 N–H and O–H groups in total. The van der Waals surface area contributed by atoms with Gasteiger partial charge in [-0.05, 0) is 32.4 Å². The van der Waals surface area contributed by atoms with E-state index in [1.54, 1.807) is 32.0 Å². The zero-order chi connectivity index (χ0) is 21.4. The molecule has 0 bridgehead atoms. The molecule has 1 aromatic carbocycles. The Morgan fingerprint density at radius 3 is 2.07 bits per heavy atom. The highest BCUT2D eigenvalue weighted by molar-refractivity contribution is 7.92. The van der Waals surface area contributed by atoms with E-state index in [0.29, 0.717) is 6.42 Å². The number of carbonyl (C=O) groups is 2. The molecule has 1 heterocycles. The number of hydrogen-bond acceptors (Lipinski definition) is 4. The second-order valence-corrected chi connectivity index (χ2v) is 9.61. The predicted molar refractivity (Wildman–Crippen MR) is 116 cm³/mol. The van der Waals surface area contributed by atoms with Gasteiger partial charge in [0.1, 0.15) is 0 Å². The summed E-state index contributed by atoms with van der Waals surface area (Å²) in [5, 5.41) is 0. The van der Waals surface area contributed by atoms with Gasteiger partial charge in [-0.15, -0.1) is 0 Å². The van der Waals surface area contributed by atoms with E-state index in [0.717, 1.165) is 27.9 Å². The van der Waals surface area contributed by atoms with Crippen LogP contribution in [0.1, 0.15) is 95.3 Å². The van der Waals surface area contributed by atoms with Crippen molar-refractivity contribution < 1.29 is 18.0 Å². The number of nitrogens with zero attached hydrogens (tertiary/aromatic N) is 2. The van der Waals surface area contributed by atoms with E-state index in [-0.39, 0.29) is 17.7 Å². The summed E-state index contributed by atoms with van der Waals surface area (Å²) in [5.74, 6) is -1.05. The summed E-state index contributed by atoms with van der Waals surface area (Å²) in [7, 11) is -4.22. The number of rotatable bonds is 11. The van der Waals surface area contributed by atoms with Gasteiger partial charge in [0.25, 0.3) is 5.91 Å². The molecule has 0 unspecified atom stereocenters. The highest BCUT2D eigenvalue weighted by Gasteiger charge is 2.45.